The highest BCUT2D eigenvalue weighted by Crippen LogP contribution is 2.37. The second-order valence-electron chi connectivity index (χ2n) is 8.76. The Kier molecular flexibility index (Phi) is 5.91. The van der Waals surface area contributed by atoms with Gasteiger partial charge in [0.15, 0.2) is 0 Å². The Morgan fingerprint density at radius 2 is 1.66 bits per heavy atom. The van der Waals surface area contributed by atoms with E-state index in [1.807, 2.05) is 24.3 Å². The Balaban J connectivity index is 1.82. The molecule has 9 heteroatoms. The third-order valence-electron chi connectivity index (χ3n) is 4.73. The molecule has 1 saturated heterocycles. The summed E-state index contributed by atoms with van der Waals surface area (Å²) in [5.41, 5.74) is -0.377. The van der Waals surface area contributed by atoms with Gasteiger partial charge in [-0.2, -0.15) is 20.2 Å². The van der Waals surface area contributed by atoms with E-state index in [0.717, 1.165) is 5.56 Å². The highest BCUT2D eigenvalue weighted by molar-refractivity contribution is 6.31. The Bertz CT molecular complexity index is 921. The van der Waals surface area contributed by atoms with Crippen LogP contribution >= 0.6 is 23.2 Å². The number of piperidine rings is 1. The van der Waals surface area contributed by atoms with Crippen LogP contribution in [0.2, 0.25) is 10.3 Å². The predicted octanol–water partition coefficient (Wildman–Crippen LogP) is 4.41. The Hall–Kier alpha value is -2.14. The lowest BCUT2D eigenvalue weighted by Gasteiger charge is -2.50. The van der Waals surface area contributed by atoms with Gasteiger partial charge in [0, 0.05) is 35.5 Å². The van der Waals surface area contributed by atoms with Crippen molar-refractivity contribution >= 4 is 35.1 Å². The van der Waals surface area contributed by atoms with Crippen LogP contribution in [-0.2, 0) is 6.54 Å². The molecule has 0 bridgehead atoms. The molecule has 29 heavy (non-hydrogen) atoms. The van der Waals surface area contributed by atoms with Gasteiger partial charge < -0.3 is 16.0 Å². The smallest absolute Gasteiger partial charge is 0.230 e. The van der Waals surface area contributed by atoms with Crippen molar-refractivity contribution in [3.63, 3.8) is 0 Å². The van der Waals surface area contributed by atoms with E-state index in [0.29, 0.717) is 30.4 Å². The Morgan fingerprint density at radius 1 is 1.03 bits per heavy atom. The normalized spacial score (nSPS) is 19.2. The Labute approximate surface area is 181 Å². The summed E-state index contributed by atoms with van der Waals surface area (Å²) in [4.78, 5) is 12.7. The van der Waals surface area contributed by atoms with E-state index in [2.05, 4.69) is 64.7 Å². The molecule has 154 valence electrons. The van der Waals surface area contributed by atoms with Crippen molar-refractivity contribution in [2.24, 2.45) is 0 Å². The molecule has 0 spiro atoms. The molecule has 0 unspecified atom stereocenters. The molecular weight excluding hydrogens is 409 g/mol. The second kappa shape index (κ2) is 7.94. The average Bonchev–Trinajstić information content (AvgIpc) is 2.58. The first-order chi connectivity index (χ1) is 13.5. The largest absolute Gasteiger partial charge is 0.350 e. The maximum absolute atomic E-state index is 10.0. The summed E-state index contributed by atoms with van der Waals surface area (Å²) in [6.07, 6.45) is 1.18. The standard InChI is InChI=1S/C20H25Cl2N7/c1-18(2)10-20(12-23,11-19(3,4)29-18)28-17-26-15(22)25-16(27-17)24-9-13-7-5-6-8-14(13)21/h5-8,29H,9-11H2,1-4H3,(H2,24,25,26,27,28). The van der Waals surface area contributed by atoms with Crippen LogP contribution in [0.4, 0.5) is 11.9 Å². The lowest BCUT2D eigenvalue weighted by molar-refractivity contribution is 0.143. The second-order valence-corrected chi connectivity index (χ2v) is 9.51. The van der Waals surface area contributed by atoms with E-state index < -0.39 is 5.54 Å². The van der Waals surface area contributed by atoms with Gasteiger partial charge >= 0.3 is 0 Å². The summed E-state index contributed by atoms with van der Waals surface area (Å²) in [7, 11) is 0. The molecule has 2 heterocycles. The topological polar surface area (TPSA) is 98.5 Å². The highest BCUT2D eigenvalue weighted by atomic mass is 35.5. The van der Waals surface area contributed by atoms with Crippen LogP contribution in [0.3, 0.4) is 0 Å². The van der Waals surface area contributed by atoms with Crippen molar-refractivity contribution in [3.8, 4) is 6.07 Å². The first kappa shape index (κ1) is 21.6. The molecule has 7 nitrogen and oxygen atoms in total. The summed E-state index contributed by atoms with van der Waals surface area (Å²) < 4.78 is 0. The highest BCUT2D eigenvalue weighted by Gasteiger charge is 2.48. The van der Waals surface area contributed by atoms with Crippen LogP contribution in [0.5, 0.6) is 0 Å². The number of benzene rings is 1. The van der Waals surface area contributed by atoms with Crippen LogP contribution in [0.15, 0.2) is 24.3 Å². The zero-order valence-electron chi connectivity index (χ0n) is 17.0. The maximum Gasteiger partial charge on any atom is 0.230 e. The first-order valence-electron chi connectivity index (χ1n) is 9.39. The van der Waals surface area contributed by atoms with Gasteiger partial charge in [0.05, 0.1) is 6.07 Å². The van der Waals surface area contributed by atoms with Crippen LogP contribution in [0.1, 0.15) is 46.1 Å². The molecule has 1 aromatic heterocycles. The number of nitriles is 1. The quantitative estimate of drug-likeness (QED) is 0.641. The summed E-state index contributed by atoms with van der Waals surface area (Å²) in [6.45, 7) is 8.77. The monoisotopic (exact) mass is 433 g/mol. The summed E-state index contributed by atoms with van der Waals surface area (Å²) in [6, 6.07) is 9.97. The maximum atomic E-state index is 10.0. The molecule has 1 aliphatic rings. The van der Waals surface area contributed by atoms with Gasteiger partial charge in [-0.1, -0.05) is 29.8 Å². The molecular formula is C20H25Cl2N7. The minimum absolute atomic E-state index is 0.0460. The molecule has 2 aromatic rings. The van der Waals surface area contributed by atoms with Crippen LogP contribution in [0.25, 0.3) is 0 Å². The van der Waals surface area contributed by atoms with Crippen LogP contribution in [-0.4, -0.2) is 31.6 Å². The number of nitrogens with zero attached hydrogens (tertiary/aromatic N) is 4. The fraction of sp³-hybridized carbons (Fsp3) is 0.500. The first-order valence-corrected chi connectivity index (χ1v) is 10.1. The number of rotatable bonds is 5. The summed E-state index contributed by atoms with van der Waals surface area (Å²) in [5, 5.41) is 20.6. The number of nitrogens with one attached hydrogen (secondary N) is 3. The van der Waals surface area contributed by atoms with Crippen molar-refractivity contribution < 1.29 is 0 Å². The van der Waals surface area contributed by atoms with Crippen LogP contribution < -0.4 is 16.0 Å². The molecule has 0 atom stereocenters. The van der Waals surface area contributed by atoms with E-state index in [1.54, 1.807) is 0 Å². The number of anilines is 2. The van der Waals surface area contributed by atoms with Gasteiger partial charge in [0.1, 0.15) is 5.54 Å². The van der Waals surface area contributed by atoms with Gasteiger partial charge in [0.2, 0.25) is 17.2 Å². The molecule has 0 radical (unpaired) electrons. The predicted molar refractivity (Wildman–Crippen MR) is 116 cm³/mol. The number of aromatic nitrogens is 3. The molecule has 1 aromatic carbocycles. The third-order valence-corrected chi connectivity index (χ3v) is 5.27. The summed E-state index contributed by atoms with van der Waals surface area (Å²) in [5.74, 6) is 0.578. The van der Waals surface area contributed by atoms with Gasteiger partial charge in [-0.25, -0.2) is 0 Å². The van der Waals surface area contributed by atoms with Crippen molar-refractivity contribution in [2.75, 3.05) is 10.6 Å². The molecule has 0 aliphatic carbocycles. The molecule has 3 rings (SSSR count). The third kappa shape index (κ3) is 5.47. The van der Waals surface area contributed by atoms with E-state index in [9.17, 15) is 5.26 Å². The van der Waals surface area contributed by atoms with Gasteiger partial charge in [-0.3, -0.25) is 0 Å². The van der Waals surface area contributed by atoms with Gasteiger partial charge in [0.25, 0.3) is 0 Å². The average molecular weight is 434 g/mol. The summed E-state index contributed by atoms with van der Waals surface area (Å²) >= 11 is 12.3. The van der Waals surface area contributed by atoms with Crippen LogP contribution in [0, 0.1) is 11.3 Å². The number of hydrogen-bond donors (Lipinski definition) is 3. The Morgan fingerprint density at radius 3 is 2.28 bits per heavy atom. The van der Waals surface area contributed by atoms with Crippen molar-refractivity contribution in [2.45, 2.75) is 63.7 Å². The van der Waals surface area contributed by atoms with Gasteiger partial charge in [-0.15, -0.1) is 0 Å². The molecule has 0 amide bonds. The molecule has 1 fully saturated rings. The van der Waals surface area contributed by atoms with E-state index >= 15 is 0 Å². The zero-order chi connectivity index (χ0) is 21.3. The van der Waals surface area contributed by atoms with Crippen molar-refractivity contribution in [1.82, 2.24) is 20.3 Å². The number of halogens is 2. The molecule has 3 N–H and O–H groups in total. The minimum Gasteiger partial charge on any atom is -0.350 e. The molecule has 0 saturated carbocycles. The fourth-order valence-electron chi connectivity index (χ4n) is 4.29. The van der Waals surface area contributed by atoms with E-state index in [1.165, 1.54) is 0 Å². The van der Waals surface area contributed by atoms with Gasteiger partial charge in [-0.05, 0) is 50.9 Å². The van der Waals surface area contributed by atoms with E-state index in [-0.39, 0.29) is 22.3 Å². The minimum atomic E-state index is -0.830. The lowest BCUT2D eigenvalue weighted by Crippen LogP contribution is -2.65. The SMILES string of the molecule is CC1(C)CC(C#N)(Nc2nc(Cl)nc(NCc3ccccc3Cl)n2)CC(C)(C)N1. The van der Waals surface area contributed by atoms with Crippen molar-refractivity contribution in [3.05, 3.63) is 40.1 Å². The number of hydrogen-bond acceptors (Lipinski definition) is 7. The van der Waals surface area contributed by atoms with Crippen molar-refractivity contribution in [1.29, 1.82) is 5.26 Å². The van der Waals surface area contributed by atoms with E-state index in [4.69, 9.17) is 23.2 Å². The molecule has 1 aliphatic heterocycles. The fourth-order valence-corrected chi connectivity index (χ4v) is 4.65. The lowest BCUT2D eigenvalue weighted by atomic mass is 9.71. The zero-order valence-corrected chi connectivity index (χ0v) is 18.5.